The Hall–Kier alpha value is -5.89. The normalized spacial score (nSPS) is 12.2. The molecule has 0 N–H and O–H groups in total. The van der Waals surface area contributed by atoms with Gasteiger partial charge in [-0.1, -0.05) is 135 Å². The summed E-state index contributed by atoms with van der Waals surface area (Å²) < 4.78 is 6.98. The number of anilines is 6. The van der Waals surface area contributed by atoms with Gasteiger partial charge < -0.3 is 14.2 Å². The van der Waals surface area contributed by atoms with E-state index in [4.69, 9.17) is 4.42 Å². The standard InChI is InChI=1S/C50H46N2OSi2/c1-54(2,3)41-27-21-37(22-28-41)51(35-15-9-7-10-16-35)39-25-31-45-47(33-39)43-19-13-14-20-44(43)49-46-32-26-40(34-48(46)53-50(45)49)52(36-17-11-8-12-18-36)38-23-29-42(30-24-38)55(4,5)6/h7-34H,1-6H3. The van der Waals surface area contributed by atoms with Crippen molar-refractivity contribution in [2.75, 3.05) is 9.80 Å². The van der Waals surface area contributed by atoms with Gasteiger partial charge in [0.15, 0.2) is 0 Å². The van der Waals surface area contributed by atoms with Crippen LogP contribution in [0.4, 0.5) is 34.1 Å². The molecule has 9 rings (SSSR count). The number of hydrogen-bond acceptors (Lipinski definition) is 3. The maximum Gasteiger partial charge on any atom is 0.143 e. The highest BCUT2D eigenvalue weighted by Gasteiger charge is 2.22. The van der Waals surface area contributed by atoms with Gasteiger partial charge in [0.1, 0.15) is 11.2 Å². The Labute approximate surface area is 326 Å². The molecule has 0 spiro atoms. The highest BCUT2D eigenvalue weighted by Crippen LogP contribution is 2.45. The summed E-state index contributed by atoms with van der Waals surface area (Å²) in [6, 6.07) is 62.0. The van der Waals surface area contributed by atoms with Gasteiger partial charge >= 0.3 is 0 Å². The van der Waals surface area contributed by atoms with Crippen molar-refractivity contribution >= 4 is 104 Å². The molecule has 1 aromatic heterocycles. The molecular weight excluding hydrogens is 701 g/mol. The molecule has 0 aliphatic heterocycles. The lowest BCUT2D eigenvalue weighted by Gasteiger charge is -2.27. The fourth-order valence-electron chi connectivity index (χ4n) is 7.98. The van der Waals surface area contributed by atoms with Crippen LogP contribution >= 0.6 is 0 Å². The van der Waals surface area contributed by atoms with Crippen LogP contribution < -0.4 is 20.2 Å². The van der Waals surface area contributed by atoms with Crippen LogP contribution in [0.5, 0.6) is 0 Å². The molecule has 3 nitrogen and oxygen atoms in total. The van der Waals surface area contributed by atoms with Crippen molar-refractivity contribution in [3.05, 3.63) is 170 Å². The van der Waals surface area contributed by atoms with Crippen molar-refractivity contribution in [3.8, 4) is 0 Å². The van der Waals surface area contributed by atoms with Gasteiger partial charge in [0.05, 0.1) is 16.1 Å². The molecule has 0 aliphatic rings. The summed E-state index contributed by atoms with van der Waals surface area (Å²) in [5, 5.41) is 9.88. The SMILES string of the molecule is C[Si](C)(C)c1ccc(N(c2ccccc2)c2ccc3c(c2)oc2c4ccc(N(c5ccccc5)c5ccc([Si](C)(C)C)cc5)cc4c4ccccc4c32)cc1. The minimum Gasteiger partial charge on any atom is -0.455 e. The Kier molecular flexibility index (Phi) is 8.52. The molecule has 0 amide bonds. The van der Waals surface area contributed by atoms with Gasteiger partial charge in [0.25, 0.3) is 0 Å². The van der Waals surface area contributed by atoms with Crippen LogP contribution in [0.3, 0.4) is 0 Å². The molecule has 55 heavy (non-hydrogen) atoms. The number of hydrogen-bond donors (Lipinski definition) is 0. The summed E-state index contributed by atoms with van der Waals surface area (Å²) in [6.07, 6.45) is 0. The third-order valence-electron chi connectivity index (χ3n) is 10.9. The van der Waals surface area contributed by atoms with Crippen LogP contribution in [-0.2, 0) is 0 Å². The van der Waals surface area contributed by atoms with E-state index in [1.807, 2.05) is 0 Å². The average molecular weight is 747 g/mol. The Balaban J connectivity index is 1.22. The van der Waals surface area contributed by atoms with Crippen molar-refractivity contribution < 1.29 is 4.42 Å². The van der Waals surface area contributed by atoms with Gasteiger partial charge in [-0.05, 0) is 95.0 Å². The number of rotatable bonds is 8. The summed E-state index contributed by atoms with van der Waals surface area (Å²) in [4.78, 5) is 4.70. The van der Waals surface area contributed by atoms with Crippen LogP contribution in [0, 0.1) is 0 Å². The van der Waals surface area contributed by atoms with Crippen molar-refractivity contribution in [2.45, 2.75) is 39.3 Å². The van der Waals surface area contributed by atoms with E-state index in [0.717, 1.165) is 61.4 Å². The van der Waals surface area contributed by atoms with Gasteiger partial charge in [-0.25, -0.2) is 0 Å². The zero-order valence-electron chi connectivity index (χ0n) is 32.5. The number of para-hydroxylation sites is 2. The Bertz CT molecular complexity index is 2820. The zero-order valence-corrected chi connectivity index (χ0v) is 34.5. The van der Waals surface area contributed by atoms with Gasteiger partial charge in [-0.3, -0.25) is 0 Å². The highest BCUT2D eigenvalue weighted by molar-refractivity contribution is 6.89. The van der Waals surface area contributed by atoms with E-state index in [1.54, 1.807) is 0 Å². The number of nitrogens with zero attached hydrogens (tertiary/aromatic N) is 2. The summed E-state index contributed by atoms with van der Waals surface area (Å²) in [5.41, 5.74) is 8.49. The number of fused-ring (bicyclic) bond motifs is 8. The molecule has 0 atom stereocenters. The average Bonchev–Trinajstić information content (AvgIpc) is 3.58. The van der Waals surface area contributed by atoms with E-state index in [-0.39, 0.29) is 0 Å². The predicted molar refractivity (Wildman–Crippen MR) is 244 cm³/mol. The van der Waals surface area contributed by atoms with Crippen molar-refractivity contribution in [3.63, 3.8) is 0 Å². The smallest absolute Gasteiger partial charge is 0.143 e. The summed E-state index contributed by atoms with van der Waals surface area (Å²) in [7, 11) is -2.88. The van der Waals surface area contributed by atoms with E-state index >= 15 is 0 Å². The molecule has 9 aromatic rings. The molecule has 270 valence electrons. The molecule has 5 heteroatoms. The summed E-state index contributed by atoms with van der Waals surface area (Å²) in [6.45, 7) is 14.4. The van der Waals surface area contributed by atoms with E-state index in [9.17, 15) is 0 Å². The Morgan fingerprint density at radius 3 is 1.27 bits per heavy atom. The second-order valence-corrected chi connectivity index (χ2v) is 26.9. The number of furan rings is 1. The third kappa shape index (κ3) is 6.33. The molecule has 0 saturated carbocycles. The second kappa shape index (κ2) is 13.4. The largest absolute Gasteiger partial charge is 0.455 e. The number of benzene rings is 8. The van der Waals surface area contributed by atoms with Crippen molar-refractivity contribution in [2.24, 2.45) is 0 Å². The minimum absolute atomic E-state index is 0.877. The monoisotopic (exact) mass is 746 g/mol. The quantitative estimate of drug-likeness (QED) is 0.114. The second-order valence-electron chi connectivity index (χ2n) is 16.7. The van der Waals surface area contributed by atoms with E-state index in [2.05, 4.69) is 219 Å². The minimum atomic E-state index is -1.44. The van der Waals surface area contributed by atoms with Crippen LogP contribution in [0.2, 0.25) is 39.3 Å². The van der Waals surface area contributed by atoms with Gasteiger partial charge in [0, 0.05) is 56.3 Å². The van der Waals surface area contributed by atoms with E-state index in [1.165, 1.54) is 26.5 Å². The fourth-order valence-corrected chi connectivity index (χ4v) is 10.3. The van der Waals surface area contributed by atoms with Gasteiger partial charge in [-0.2, -0.15) is 0 Å². The molecule has 0 aliphatic carbocycles. The highest BCUT2D eigenvalue weighted by atomic mass is 28.3. The van der Waals surface area contributed by atoms with Crippen molar-refractivity contribution in [1.29, 1.82) is 0 Å². The lowest BCUT2D eigenvalue weighted by molar-refractivity contribution is 0.673. The summed E-state index contributed by atoms with van der Waals surface area (Å²) in [5.74, 6) is 0. The van der Waals surface area contributed by atoms with Crippen LogP contribution in [0.1, 0.15) is 0 Å². The molecule has 1 heterocycles. The summed E-state index contributed by atoms with van der Waals surface area (Å²) >= 11 is 0. The molecule has 0 bridgehead atoms. The Morgan fingerprint density at radius 2 is 0.764 bits per heavy atom. The maximum absolute atomic E-state index is 6.98. The predicted octanol–water partition coefficient (Wildman–Crippen LogP) is 13.9. The van der Waals surface area contributed by atoms with E-state index < -0.39 is 16.1 Å². The fraction of sp³-hybridized carbons (Fsp3) is 0.120. The Morgan fingerprint density at radius 1 is 0.345 bits per heavy atom. The zero-order chi connectivity index (χ0) is 37.9. The van der Waals surface area contributed by atoms with Gasteiger partial charge in [0.2, 0.25) is 0 Å². The first kappa shape index (κ1) is 34.9. The maximum atomic E-state index is 6.98. The first-order valence-corrected chi connectivity index (χ1v) is 26.3. The van der Waals surface area contributed by atoms with Gasteiger partial charge in [-0.15, -0.1) is 0 Å². The molecule has 0 saturated heterocycles. The molecule has 0 unspecified atom stereocenters. The molecule has 8 aromatic carbocycles. The van der Waals surface area contributed by atoms with Crippen LogP contribution in [0.25, 0.3) is 43.5 Å². The first-order chi connectivity index (χ1) is 26.5. The van der Waals surface area contributed by atoms with Crippen LogP contribution in [0.15, 0.2) is 174 Å². The molecular formula is C50H46N2OSi2. The third-order valence-corrected chi connectivity index (χ3v) is 15.1. The lowest BCUT2D eigenvalue weighted by Crippen LogP contribution is -2.37. The first-order valence-electron chi connectivity index (χ1n) is 19.3. The molecule has 0 radical (unpaired) electrons. The molecule has 0 fully saturated rings. The van der Waals surface area contributed by atoms with E-state index in [0.29, 0.717) is 0 Å². The van der Waals surface area contributed by atoms with Crippen LogP contribution in [-0.4, -0.2) is 16.1 Å². The topological polar surface area (TPSA) is 19.6 Å². The lowest BCUT2D eigenvalue weighted by atomic mass is 9.96. The van der Waals surface area contributed by atoms with Crippen molar-refractivity contribution in [1.82, 2.24) is 0 Å².